The van der Waals surface area contributed by atoms with Crippen LogP contribution in [0.3, 0.4) is 0 Å². The van der Waals surface area contributed by atoms with Gasteiger partial charge in [-0.1, -0.05) is 12.1 Å². The molecule has 0 aliphatic carbocycles. The minimum atomic E-state index is -0.301. The van der Waals surface area contributed by atoms with Gasteiger partial charge in [-0.3, -0.25) is 4.79 Å². The molecule has 1 aromatic carbocycles. The van der Waals surface area contributed by atoms with Gasteiger partial charge >= 0.3 is 6.03 Å². The van der Waals surface area contributed by atoms with Crippen molar-refractivity contribution in [1.82, 2.24) is 5.32 Å². The minimum absolute atomic E-state index is 0.0359. The molecule has 0 aliphatic rings. The number of rotatable bonds is 4. The van der Waals surface area contributed by atoms with Crippen molar-refractivity contribution < 1.29 is 9.59 Å². The van der Waals surface area contributed by atoms with Gasteiger partial charge in [-0.25, -0.2) is 4.79 Å². The van der Waals surface area contributed by atoms with E-state index >= 15 is 0 Å². The van der Waals surface area contributed by atoms with Gasteiger partial charge in [0, 0.05) is 10.9 Å². The molecule has 0 radical (unpaired) electrons. The van der Waals surface area contributed by atoms with E-state index in [-0.39, 0.29) is 18.0 Å². The van der Waals surface area contributed by atoms with E-state index in [9.17, 15) is 9.59 Å². The Labute approximate surface area is 140 Å². The van der Waals surface area contributed by atoms with Gasteiger partial charge in [0.15, 0.2) is 0 Å². The van der Waals surface area contributed by atoms with Crippen molar-refractivity contribution in [3.8, 4) is 0 Å². The van der Waals surface area contributed by atoms with Gasteiger partial charge in [0.05, 0.1) is 16.3 Å². The van der Waals surface area contributed by atoms with Crippen LogP contribution in [0, 0.1) is 13.8 Å². The van der Waals surface area contributed by atoms with Crippen LogP contribution in [0.1, 0.15) is 34.0 Å². The van der Waals surface area contributed by atoms with Crippen LogP contribution in [0.4, 0.5) is 16.2 Å². The first kappa shape index (κ1) is 17.0. The normalized spacial score (nSPS) is 10.5. The zero-order valence-electron chi connectivity index (χ0n) is 13.7. The molecule has 0 saturated heterocycles. The summed E-state index contributed by atoms with van der Waals surface area (Å²) in [6.45, 7) is 7.74. The van der Waals surface area contributed by atoms with Crippen molar-refractivity contribution in [2.24, 2.45) is 0 Å². The highest BCUT2D eigenvalue weighted by atomic mass is 32.1. The maximum atomic E-state index is 12.4. The summed E-state index contributed by atoms with van der Waals surface area (Å²) in [6, 6.07) is 8.73. The largest absolute Gasteiger partial charge is 0.336 e. The zero-order chi connectivity index (χ0) is 17.0. The van der Waals surface area contributed by atoms with Crippen LogP contribution in [0.15, 0.2) is 30.3 Å². The maximum absolute atomic E-state index is 12.4. The van der Waals surface area contributed by atoms with E-state index in [1.54, 1.807) is 18.2 Å². The van der Waals surface area contributed by atoms with E-state index < -0.39 is 0 Å². The van der Waals surface area contributed by atoms with Gasteiger partial charge in [-0.2, -0.15) is 0 Å². The van der Waals surface area contributed by atoms with Crippen molar-refractivity contribution in [2.45, 2.75) is 33.7 Å². The molecule has 0 aliphatic heterocycles. The molecule has 3 N–H and O–H groups in total. The number of carbonyl (C=O) groups is 2. The lowest BCUT2D eigenvalue weighted by Gasteiger charge is -2.14. The molecule has 2 aromatic rings. The first-order chi connectivity index (χ1) is 10.9. The van der Waals surface area contributed by atoms with E-state index in [1.165, 1.54) is 11.3 Å². The number of aryl methyl sites for hydroxylation is 2. The van der Waals surface area contributed by atoms with Crippen LogP contribution in [-0.4, -0.2) is 18.0 Å². The predicted octanol–water partition coefficient (Wildman–Crippen LogP) is 4.15. The number of amides is 3. The van der Waals surface area contributed by atoms with Crippen molar-refractivity contribution in [1.29, 1.82) is 0 Å². The van der Waals surface area contributed by atoms with Crippen LogP contribution in [0.5, 0.6) is 0 Å². The van der Waals surface area contributed by atoms with E-state index in [4.69, 9.17) is 0 Å². The summed E-state index contributed by atoms with van der Waals surface area (Å²) in [4.78, 5) is 26.0. The fourth-order valence-corrected chi connectivity index (χ4v) is 2.92. The fourth-order valence-electron chi connectivity index (χ4n) is 1.99. The first-order valence-corrected chi connectivity index (χ1v) is 8.23. The Kier molecular flexibility index (Phi) is 5.39. The maximum Gasteiger partial charge on any atom is 0.319 e. The van der Waals surface area contributed by atoms with Crippen molar-refractivity contribution in [3.05, 3.63) is 45.6 Å². The van der Waals surface area contributed by atoms with Gasteiger partial charge in [0.1, 0.15) is 0 Å². The number of hydrogen-bond acceptors (Lipinski definition) is 3. The van der Waals surface area contributed by atoms with E-state index in [2.05, 4.69) is 16.0 Å². The fraction of sp³-hybridized carbons (Fsp3) is 0.294. The Bertz CT molecular complexity index is 703. The molecule has 1 aromatic heterocycles. The third-order valence-corrected chi connectivity index (χ3v) is 4.38. The molecule has 0 unspecified atom stereocenters. The zero-order valence-corrected chi connectivity index (χ0v) is 14.5. The smallest absolute Gasteiger partial charge is 0.319 e. The van der Waals surface area contributed by atoms with E-state index in [0.717, 1.165) is 10.4 Å². The number of thiophene rings is 1. The van der Waals surface area contributed by atoms with Crippen LogP contribution < -0.4 is 16.0 Å². The molecule has 6 heteroatoms. The first-order valence-electron chi connectivity index (χ1n) is 7.41. The summed E-state index contributed by atoms with van der Waals surface area (Å²) in [5.74, 6) is -0.176. The topological polar surface area (TPSA) is 70.2 Å². The highest BCUT2D eigenvalue weighted by Gasteiger charge is 2.13. The van der Waals surface area contributed by atoms with Crippen molar-refractivity contribution >= 4 is 34.6 Å². The van der Waals surface area contributed by atoms with Crippen LogP contribution in [0.25, 0.3) is 0 Å². The van der Waals surface area contributed by atoms with Gasteiger partial charge in [0.25, 0.3) is 5.91 Å². The molecule has 0 spiro atoms. The number of para-hydroxylation sites is 2. The van der Waals surface area contributed by atoms with Crippen molar-refractivity contribution in [2.75, 3.05) is 10.6 Å². The van der Waals surface area contributed by atoms with Gasteiger partial charge in [0.2, 0.25) is 0 Å². The molecule has 23 heavy (non-hydrogen) atoms. The SMILES string of the molecule is Cc1cc(C(=O)Nc2ccccc2NC(=O)NC(C)C)sc1C. The number of urea groups is 1. The number of anilines is 2. The average Bonchev–Trinajstić information content (AvgIpc) is 2.80. The Morgan fingerprint density at radius 3 is 2.17 bits per heavy atom. The summed E-state index contributed by atoms with van der Waals surface area (Å²) in [5, 5.41) is 8.36. The minimum Gasteiger partial charge on any atom is -0.336 e. The van der Waals surface area contributed by atoms with Crippen LogP contribution >= 0.6 is 11.3 Å². The summed E-state index contributed by atoms with van der Waals surface area (Å²) >= 11 is 1.46. The number of carbonyl (C=O) groups excluding carboxylic acids is 2. The molecule has 2 rings (SSSR count). The molecule has 122 valence electrons. The average molecular weight is 331 g/mol. The second-order valence-electron chi connectivity index (χ2n) is 5.60. The quantitative estimate of drug-likeness (QED) is 0.788. The Balaban J connectivity index is 2.13. The highest BCUT2D eigenvalue weighted by molar-refractivity contribution is 7.14. The number of hydrogen-bond donors (Lipinski definition) is 3. The lowest BCUT2D eigenvalue weighted by Crippen LogP contribution is -2.34. The van der Waals surface area contributed by atoms with Gasteiger partial charge in [-0.15, -0.1) is 11.3 Å². The second-order valence-corrected chi connectivity index (χ2v) is 6.86. The summed E-state index contributed by atoms with van der Waals surface area (Å²) in [7, 11) is 0. The Morgan fingerprint density at radius 2 is 1.65 bits per heavy atom. The summed E-state index contributed by atoms with van der Waals surface area (Å²) in [6.07, 6.45) is 0. The molecule has 3 amide bonds. The monoisotopic (exact) mass is 331 g/mol. The van der Waals surface area contributed by atoms with Gasteiger partial charge < -0.3 is 16.0 Å². The molecule has 1 heterocycles. The molecular weight excluding hydrogens is 310 g/mol. The third kappa shape index (κ3) is 4.56. The molecule has 0 bridgehead atoms. The highest BCUT2D eigenvalue weighted by Crippen LogP contribution is 2.25. The standard InChI is InChI=1S/C17H21N3O2S/c1-10(2)18-17(22)20-14-8-6-5-7-13(14)19-16(21)15-9-11(3)12(4)23-15/h5-10H,1-4H3,(H,19,21)(H2,18,20,22). The molecular formula is C17H21N3O2S. The third-order valence-electron chi connectivity index (χ3n) is 3.23. The second kappa shape index (κ2) is 7.28. The Morgan fingerprint density at radius 1 is 1.04 bits per heavy atom. The number of nitrogens with one attached hydrogen (secondary N) is 3. The molecule has 0 saturated carbocycles. The van der Waals surface area contributed by atoms with Gasteiger partial charge in [-0.05, 0) is 51.5 Å². The van der Waals surface area contributed by atoms with E-state index in [0.29, 0.717) is 16.3 Å². The van der Waals surface area contributed by atoms with Crippen molar-refractivity contribution in [3.63, 3.8) is 0 Å². The summed E-state index contributed by atoms with van der Waals surface area (Å²) in [5.41, 5.74) is 2.23. The lowest BCUT2D eigenvalue weighted by atomic mass is 10.2. The number of benzene rings is 1. The molecule has 0 atom stereocenters. The molecule has 0 fully saturated rings. The lowest BCUT2D eigenvalue weighted by molar-refractivity contribution is 0.103. The predicted molar refractivity (Wildman–Crippen MR) is 95.5 cm³/mol. The Hall–Kier alpha value is -2.34. The van der Waals surface area contributed by atoms with E-state index in [1.807, 2.05) is 39.8 Å². The van der Waals surface area contributed by atoms with Crippen LogP contribution in [0.2, 0.25) is 0 Å². The summed E-state index contributed by atoms with van der Waals surface area (Å²) < 4.78 is 0. The van der Waals surface area contributed by atoms with Crippen LogP contribution in [-0.2, 0) is 0 Å². The molecule has 5 nitrogen and oxygen atoms in total.